The molecule has 0 aliphatic rings. The SMILES string of the molecule is O=C(CCc1ccccc1F)Nc1ccccc1. The van der Waals surface area contributed by atoms with Crippen molar-refractivity contribution >= 4 is 11.6 Å². The second-order valence-electron chi connectivity index (χ2n) is 4.01. The van der Waals surface area contributed by atoms with Crippen LogP contribution >= 0.6 is 0 Å². The molecular weight excluding hydrogens is 229 g/mol. The molecule has 3 heteroatoms. The Morgan fingerprint density at radius 2 is 1.67 bits per heavy atom. The fourth-order valence-corrected chi connectivity index (χ4v) is 1.69. The predicted octanol–water partition coefficient (Wildman–Crippen LogP) is 3.40. The smallest absolute Gasteiger partial charge is 0.224 e. The fraction of sp³-hybridized carbons (Fsp3) is 0.133. The van der Waals surface area contributed by atoms with Crippen LogP contribution in [0.3, 0.4) is 0 Å². The van der Waals surface area contributed by atoms with Crippen molar-refractivity contribution in [1.82, 2.24) is 0 Å². The van der Waals surface area contributed by atoms with E-state index in [2.05, 4.69) is 5.32 Å². The van der Waals surface area contributed by atoms with Gasteiger partial charge in [-0.1, -0.05) is 36.4 Å². The third kappa shape index (κ3) is 3.42. The second-order valence-corrected chi connectivity index (χ2v) is 4.01. The first-order valence-corrected chi connectivity index (χ1v) is 5.84. The van der Waals surface area contributed by atoms with Crippen molar-refractivity contribution in [3.05, 3.63) is 66.0 Å². The molecule has 0 atom stereocenters. The zero-order valence-corrected chi connectivity index (χ0v) is 9.90. The van der Waals surface area contributed by atoms with E-state index in [1.54, 1.807) is 18.2 Å². The van der Waals surface area contributed by atoms with Gasteiger partial charge in [-0.2, -0.15) is 0 Å². The molecule has 2 aromatic carbocycles. The lowest BCUT2D eigenvalue weighted by molar-refractivity contribution is -0.116. The predicted molar refractivity (Wildman–Crippen MR) is 69.8 cm³/mol. The van der Waals surface area contributed by atoms with Gasteiger partial charge in [-0.3, -0.25) is 4.79 Å². The van der Waals surface area contributed by atoms with Gasteiger partial charge < -0.3 is 5.32 Å². The van der Waals surface area contributed by atoms with Crippen molar-refractivity contribution in [2.45, 2.75) is 12.8 Å². The number of aryl methyl sites for hydroxylation is 1. The molecule has 0 bridgehead atoms. The van der Waals surface area contributed by atoms with Crippen LogP contribution < -0.4 is 5.32 Å². The number of amides is 1. The summed E-state index contributed by atoms with van der Waals surface area (Å²) in [5, 5.41) is 2.77. The summed E-state index contributed by atoms with van der Waals surface area (Å²) in [6.07, 6.45) is 0.682. The highest BCUT2D eigenvalue weighted by Crippen LogP contribution is 2.10. The van der Waals surface area contributed by atoms with Crippen molar-refractivity contribution < 1.29 is 9.18 Å². The van der Waals surface area contributed by atoms with E-state index in [0.717, 1.165) is 5.69 Å². The van der Waals surface area contributed by atoms with Crippen LogP contribution in [0.25, 0.3) is 0 Å². The Balaban J connectivity index is 1.88. The summed E-state index contributed by atoms with van der Waals surface area (Å²) in [5.41, 5.74) is 1.33. The minimum atomic E-state index is -0.259. The number of benzene rings is 2. The minimum Gasteiger partial charge on any atom is -0.326 e. The third-order valence-corrected chi connectivity index (χ3v) is 2.64. The summed E-state index contributed by atoms with van der Waals surface area (Å²) in [6, 6.07) is 15.8. The summed E-state index contributed by atoms with van der Waals surface area (Å²) in [6.45, 7) is 0. The molecule has 0 aliphatic heterocycles. The molecule has 2 nitrogen and oxygen atoms in total. The molecule has 0 radical (unpaired) electrons. The largest absolute Gasteiger partial charge is 0.326 e. The third-order valence-electron chi connectivity index (χ3n) is 2.64. The van der Waals surface area contributed by atoms with Gasteiger partial charge in [0.1, 0.15) is 5.82 Å². The van der Waals surface area contributed by atoms with Crippen LogP contribution in [-0.2, 0) is 11.2 Å². The Hall–Kier alpha value is -2.16. The van der Waals surface area contributed by atoms with Crippen molar-refractivity contribution in [3.8, 4) is 0 Å². The van der Waals surface area contributed by atoms with Gasteiger partial charge in [0.2, 0.25) is 5.91 Å². The lowest BCUT2D eigenvalue weighted by atomic mass is 10.1. The molecule has 0 heterocycles. The Bertz CT molecular complexity index is 525. The Morgan fingerprint density at radius 3 is 2.39 bits per heavy atom. The van der Waals surface area contributed by atoms with Crippen LogP contribution in [0.2, 0.25) is 0 Å². The maximum Gasteiger partial charge on any atom is 0.224 e. The average molecular weight is 243 g/mol. The quantitative estimate of drug-likeness (QED) is 0.876. The molecule has 2 aromatic rings. The molecule has 0 spiro atoms. The van der Waals surface area contributed by atoms with E-state index in [9.17, 15) is 9.18 Å². The van der Waals surface area contributed by atoms with Gasteiger partial charge in [0, 0.05) is 12.1 Å². The molecule has 0 saturated carbocycles. The first-order chi connectivity index (χ1) is 8.75. The number of carbonyl (C=O) groups excluding carboxylic acids is 1. The Kier molecular flexibility index (Phi) is 4.07. The molecular formula is C15H14FNO. The van der Waals surface area contributed by atoms with E-state index < -0.39 is 0 Å². The van der Waals surface area contributed by atoms with Crippen molar-refractivity contribution in [2.24, 2.45) is 0 Å². The summed E-state index contributed by atoms with van der Waals surface area (Å²) in [5.74, 6) is -0.366. The molecule has 0 fully saturated rings. The van der Waals surface area contributed by atoms with Crippen LogP contribution in [0.1, 0.15) is 12.0 Å². The van der Waals surface area contributed by atoms with Crippen LogP contribution in [0.5, 0.6) is 0 Å². The van der Waals surface area contributed by atoms with Gasteiger partial charge in [-0.05, 0) is 30.2 Å². The number of anilines is 1. The van der Waals surface area contributed by atoms with Crippen molar-refractivity contribution in [2.75, 3.05) is 5.32 Å². The highest BCUT2D eigenvalue weighted by molar-refractivity contribution is 5.90. The molecule has 1 N–H and O–H groups in total. The van der Waals surface area contributed by atoms with E-state index in [1.807, 2.05) is 30.3 Å². The van der Waals surface area contributed by atoms with Crippen LogP contribution in [-0.4, -0.2) is 5.91 Å². The average Bonchev–Trinajstić information content (AvgIpc) is 2.39. The molecule has 0 aliphatic carbocycles. The minimum absolute atomic E-state index is 0.107. The zero-order valence-electron chi connectivity index (χ0n) is 9.90. The lowest BCUT2D eigenvalue weighted by Crippen LogP contribution is -2.12. The van der Waals surface area contributed by atoms with Crippen molar-refractivity contribution in [3.63, 3.8) is 0 Å². The van der Waals surface area contributed by atoms with E-state index in [-0.39, 0.29) is 18.1 Å². The Morgan fingerprint density at radius 1 is 1.00 bits per heavy atom. The maximum atomic E-state index is 13.3. The van der Waals surface area contributed by atoms with E-state index in [4.69, 9.17) is 0 Å². The van der Waals surface area contributed by atoms with Crippen LogP contribution in [0.15, 0.2) is 54.6 Å². The normalized spacial score (nSPS) is 10.1. The van der Waals surface area contributed by atoms with Crippen LogP contribution in [0, 0.1) is 5.82 Å². The molecule has 1 amide bonds. The molecule has 92 valence electrons. The highest BCUT2D eigenvalue weighted by atomic mass is 19.1. The number of carbonyl (C=O) groups is 1. The Labute approximate surface area is 105 Å². The zero-order chi connectivity index (χ0) is 12.8. The summed E-state index contributed by atoms with van der Waals surface area (Å²) in [4.78, 5) is 11.7. The number of para-hydroxylation sites is 1. The lowest BCUT2D eigenvalue weighted by Gasteiger charge is -2.05. The molecule has 0 unspecified atom stereocenters. The second kappa shape index (κ2) is 5.96. The topological polar surface area (TPSA) is 29.1 Å². The summed E-state index contributed by atoms with van der Waals surface area (Å²) < 4.78 is 13.3. The molecule has 0 saturated heterocycles. The van der Waals surface area contributed by atoms with Gasteiger partial charge >= 0.3 is 0 Å². The van der Waals surface area contributed by atoms with Gasteiger partial charge in [0.05, 0.1) is 0 Å². The van der Waals surface area contributed by atoms with Gasteiger partial charge in [0.25, 0.3) is 0 Å². The number of hydrogen-bond donors (Lipinski definition) is 1. The van der Waals surface area contributed by atoms with Gasteiger partial charge in [-0.25, -0.2) is 4.39 Å². The monoisotopic (exact) mass is 243 g/mol. The standard InChI is InChI=1S/C15H14FNO/c16-14-9-5-4-6-12(14)10-11-15(18)17-13-7-2-1-3-8-13/h1-9H,10-11H2,(H,17,18). The van der Waals surface area contributed by atoms with E-state index in [0.29, 0.717) is 12.0 Å². The van der Waals surface area contributed by atoms with Crippen molar-refractivity contribution in [1.29, 1.82) is 0 Å². The van der Waals surface area contributed by atoms with Crippen LogP contribution in [0.4, 0.5) is 10.1 Å². The van der Waals surface area contributed by atoms with E-state index in [1.165, 1.54) is 6.07 Å². The molecule has 0 aromatic heterocycles. The first kappa shape index (κ1) is 12.3. The fourth-order valence-electron chi connectivity index (χ4n) is 1.69. The number of rotatable bonds is 4. The number of nitrogens with one attached hydrogen (secondary N) is 1. The van der Waals surface area contributed by atoms with Gasteiger partial charge in [-0.15, -0.1) is 0 Å². The first-order valence-electron chi connectivity index (χ1n) is 5.84. The maximum absolute atomic E-state index is 13.3. The summed E-state index contributed by atoms with van der Waals surface area (Å²) in [7, 11) is 0. The molecule has 2 rings (SSSR count). The number of halogens is 1. The number of hydrogen-bond acceptors (Lipinski definition) is 1. The summed E-state index contributed by atoms with van der Waals surface area (Å²) >= 11 is 0. The van der Waals surface area contributed by atoms with E-state index >= 15 is 0 Å². The van der Waals surface area contributed by atoms with Gasteiger partial charge in [0.15, 0.2) is 0 Å². The highest BCUT2D eigenvalue weighted by Gasteiger charge is 2.05. The molecule has 18 heavy (non-hydrogen) atoms.